The average molecular weight is 297 g/mol. The Labute approximate surface area is 134 Å². The fraction of sp³-hybridized carbons (Fsp3) is 0.421. The maximum Gasteiger partial charge on any atom is 0.0594 e. The first kappa shape index (κ1) is 16.5. The third-order valence-electron chi connectivity index (χ3n) is 3.73. The van der Waals surface area contributed by atoms with Crippen LogP contribution >= 0.6 is 0 Å². The monoisotopic (exact) mass is 297 g/mol. The number of benzene rings is 1. The van der Waals surface area contributed by atoms with Crippen LogP contribution in [0.1, 0.15) is 36.6 Å². The summed E-state index contributed by atoms with van der Waals surface area (Å²) >= 11 is 0. The summed E-state index contributed by atoms with van der Waals surface area (Å²) in [7, 11) is 0. The van der Waals surface area contributed by atoms with Crippen LogP contribution in [-0.4, -0.2) is 18.1 Å². The van der Waals surface area contributed by atoms with Crippen molar-refractivity contribution < 1.29 is 0 Å². The predicted molar refractivity (Wildman–Crippen MR) is 94.2 cm³/mol. The highest BCUT2D eigenvalue weighted by atomic mass is 14.9. The zero-order valence-electron chi connectivity index (χ0n) is 13.7. The zero-order valence-corrected chi connectivity index (χ0v) is 13.7. The molecule has 0 radical (unpaired) electrons. The number of hydrogen-bond donors (Lipinski definition) is 2. The summed E-state index contributed by atoms with van der Waals surface area (Å²) < 4.78 is 0. The highest BCUT2D eigenvalue weighted by Gasteiger charge is 2.03. The quantitative estimate of drug-likeness (QED) is 0.689. The van der Waals surface area contributed by atoms with Gasteiger partial charge >= 0.3 is 0 Å². The van der Waals surface area contributed by atoms with E-state index in [1.165, 1.54) is 29.7 Å². The lowest BCUT2D eigenvalue weighted by Gasteiger charge is -2.13. The van der Waals surface area contributed by atoms with Crippen LogP contribution in [0.2, 0.25) is 0 Å². The number of hydrogen-bond acceptors (Lipinski definition) is 3. The van der Waals surface area contributed by atoms with Gasteiger partial charge in [-0.15, -0.1) is 0 Å². The first-order chi connectivity index (χ1) is 10.8. The van der Waals surface area contributed by atoms with Gasteiger partial charge in [0.2, 0.25) is 0 Å². The Balaban J connectivity index is 1.92. The zero-order chi connectivity index (χ0) is 15.6. The van der Waals surface area contributed by atoms with Crippen LogP contribution < -0.4 is 10.6 Å². The van der Waals surface area contributed by atoms with Gasteiger partial charge in [0.1, 0.15) is 0 Å². The van der Waals surface area contributed by atoms with Crippen molar-refractivity contribution in [2.24, 2.45) is 0 Å². The molecule has 3 nitrogen and oxygen atoms in total. The first-order valence-corrected chi connectivity index (χ1v) is 8.23. The molecule has 118 valence electrons. The third kappa shape index (κ3) is 5.49. The summed E-state index contributed by atoms with van der Waals surface area (Å²) in [6, 6.07) is 12.6. The molecule has 0 aliphatic rings. The lowest BCUT2D eigenvalue weighted by Crippen LogP contribution is -2.19. The maximum atomic E-state index is 4.36. The molecule has 1 heterocycles. The Morgan fingerprint density at radius 2 is 2.00 bits per heavy atom. The van der Waals surface area contributed by atoms with E-state index in [1.54, 1.807) is 0 Å². The van der Waals surface area contributed by atoms with Gasteiger partial charge in [-0.1, -0.05) is 37.1 Å². The number of nitrogens with zero attached hydrogens (tertiary/aromatic N) is 1. The number of rotatable bonds is 9. The highest BCUT2D eigenvalue weighted by Crippen LogP contribution is 2.18. The smallest absolute Gasteiger partial charge is 0.0594 e. The Kier molecular flexibility index (Phi) is 6.91. The van der Waals surface area contributed by atoms with Crippen molar-refractivity contribution in [3.63, 3.8) is 0 Å². The molecule has 3 heteroatoms. The molecule has 0 amide bonds. The van der Waals surface area contributed by atoms with Crippen molar-refractivity contribution >= 4 is 5.69 Å². The molecule has 1 aromatic heterocycles. The minimum Gasteiger partial charge on any atom is -0.379 e. The average Bonchev–Trinajstić information content (AvgIpc) is 2.55. The summed E-state index contributed by atoms with van der Waals surface area (Å²) in [6.07, 6.45) is 5.38. The van der Waals surface area contributed by atoms with Gasteiger partial charge in [0.05, 0.1) is 12.2 Å². The van der Waals surface area contributed by atoms with Gasteiger partial charge < -0.3 is 10.6 Å². The molecule has 22 heavy (non-hydrogen) atoms. The van der Waals surface area contributed by atoms with E-state index >= 15 is 0 Å². The number of nitrogens with one attached hydrogen (secondary N) is 2. The molecular formula is C19H27N3. The second-order valence-electron chi connectivity index (χ2n) is 5.69. The Morgan fingerprint density at radius 1 is 1.09 bits per heavy atom. The first-order valence-electron chi connectivity index (χ1n) is 8.23. The van der Waals surface area contributed by atoms with Crippen molar-refractivity contribution in [1.29, 1.82) is 0 Å². The summed E-state index contributed by atoms with van der Waals surface area (Å²) in [5.74, 6) is 0. The molecule has 0 spiro atoms. The number of unbranched alkanes of at least 4 members (excludes halogenated alkanes) is 1. The van der Waals surface area contributed by atoms with E-state index < -0.39 is 0 Å². The van der Waals surface area contributed by atoms with Gasteiger partial charge in [0.15, 0.2) is 0 Å². The number of pyridine rings is 1. The fourth-order valence-corrected chi connectivity index (χ4v) is 2.44. The molecule has 0 unspecified atom stereocenters. The van der Waals surface area contributed by atoms with Crippen LogP contribution in [0.4, 0.5) is 5.69 Å². The van der Waals surface area contributed by atoms with Gasteiger partial charge in [-0.25, -0.2) is 0 Å². The standard InChI is InChI=1S/C19H27N3/c1-3-4-11-20-13-10-17-14-16(2)8-9-19(17)22-15-18-7-5-6-12-21-18/h5-9,12,14,20,22H,3-4,10-11,13,15H2,1-2H3. The summed E-state index contributed by atoms with van der Waals surface area (Å²) in [5, 5.41) is 7.03. The molecule has 2 aromatic rings. The normalized spacial score (nSPS) is 10.6. The minimum atomic E-state index is 0.764. The number of aromatic nitrogens is 1. The van der Waals surface area contributed by atoms with E-state index in [1.807, 2.05) is 24.4 Å². The largest absolute Gasteiger partial charge is 0.379 e. The predicted octanol–water partition coefficient (Wildman–Crippen LogP) is 3.93. The van der Waals surface area contributed by atoms with Gasteiger partial charge in [0, 0.05) is 11.9 Å². The Hall–Kier alpha value is -1.87. The van der Waals surface area contributed by atoms with Crippen LogP contribution in [0.25, 0.3) is 0 Å². The molecule has 0 fully saturated rings. The van der Waals surface area contributed by atoms with Crippen molar-refractivity contribution in [1.82, 2.24) is 10.3 Å². The fourth-order valence-electron chi connectivity index (χ4n) is 2.44. The van der Waals surface area contributed by atoms with Crippen LogP contribution in [0, 0.1) is 6.92 Å². The second-order valence-corrected chi connectivity index (χ2v) is 5.69. The van der Waals surface area contributed by atoms with E-state index in [0.29, 0.717) is 0 Å². The topological polar surface area (TPSA) is 37.0 Å². The highest BCUT2D eigenvalue weighted by molar-refractivity contribution is 5.53. The SMILES string of the molecule is CCCCNCCc1cc(C)ccc1NCc1ccccn1. The van der Waals surface area contributed by atoms with E-state index in [2.05, 4.69) is 47.7 Å². The summed E-state index contributed by atoms with van der Waals surface area (Å²) in [4.78, 5) is 4.36. The molecule has 0 atom stereocenters. The molecular weight excluding hydrogens is 270 g/mol. The lowest BCUT2D eigenvalue weighted by atomic mass is 10.1. The molecule has 2 N–H and O–H groups in total. The van der Waals surface area contributed by atoms with Crippen molar-refractivity contribution in [2.75, 3.05) is 18.4 Å². The summed E-state index contributed by atoms with van der Waals surface area (Å²) in [5.41, 5.74) is 4.97. The molecule has 1 aromatic carbocycles. The molecule has 0 aliphatic carbocycles. The molecule has 0 bridgehead atoms. The molecule has 2 rings (SSSR count). The number of aryl methyl sites for hydroxylation is 1. The van der Waals surface area contributed by atoms with Crippen molar-refractivity contribution in [3.05, 3.63) is 59.4 Å². The molecule has 0 saturated carbocycles. The van der Waals surface area contributed by atoms with Gasteiger partial charge in [0.25, 0.3) is 0 Å². The minimum absolute atomic E-state index is 0.764. The van der Waals surface area contributed by atoms with Crippen LogP contribution in [0.15, 0.2) is 42.6 Å². The second kappa shape index (κ2) is 9.21. The molecule has 0 aliphatic heterocycles. The van der Waals surface area contributed by atoms with E-state index in [9.17, 15) is 0 Å². The molecule has 0 saturated heterocycles. The van der Waals surface area contributed by atoms with E-state index in [4.69, 9.17) is 0 Å². The van der Waals surface area contributed by atoms with Crippen LogP contribution in [0.5, 0.6) is 0 Å². The van der Waals surface area contributed by atoms with Crippen molar-refractivity contribution in [3.8, 4) is 0 Å². The van der Waals surface area contributed by atoms with Crippen LogP contribution in [0.3, 0.4) is 0 Å². The Bertz CT molecular complexity index is 552. The number of anilines is 1. The van der Waals surface area contributed by atoms with Gasteiger partial charge in [-0.2, -0.15) is 0 Å². The van der Waals surface area contributed by atoms with E-state index in [-0.39, 0.29) is 0 Å². The van der Waals surface area contributed by atoms with E-state index in [0.717, 1.165) is 31.7 Å². The Morgan fingerprint density at radius 3 is 2.77 bits per heavy atom. The van der Waals surface area contributed by atoms with Crippen molar-refractivity contribution in [2.45, 2.75) is 39.7 Å². The van der Waals surface area contributed by atoms with Gasteiger partial charge in [-0.3, -0.25) is 4.98 Å². The lowest BCUT2D eigenvalue weighted by molar-refractivity contribution is 0.640. The van der Waals surface area contributed by atoms with Crippen LogP contribution in [-0.2, 0) is 13.0 Å². The van der Waals surface area contributed by atoms with Gasteiger partial charge in [-0.05, 0) is 56.6 Å². The summed E-state index contributed by atoms with van der Waals surface area (Å²) in [6.45, 7) is 7.28. The maximum absolute atomic E-state index is 4.36. The third-order valence-corrected chi connectivity index (χ3v) is 3.73.